The largest absolute Gasteiger partial charge is 0.493 e. The Hall–Kier alpha value is -0.890. The van der Waals surface area contributed by atoms with Gasteiger partial charge in [-0.25, -0.2) is 0 Å². The second-order valence-electron chi connectivity index (χ2n) is 3.27. The van der Waals surface area contributed by atoms with Crippen molar-refractivity contribution in [1.29, 1.82) is 0 Å². The molecule has 0 heterocycles. The van der Waals surface area contributed by atoms with E-state index in [1.807, 2.05) is 24.3 Å². The van der Waals surface area contributed by atoms with Crippen LogP contribution in [0, 0.1) is 5.92 Å². The Morgan fingerprint density at radius 3 is 2.23 bits per heavy atom. The summed E-state index contributed by atoms with van der Waals surface area (Å²) in [5.74, 6) is 1.44. The molecule has 1 rings (SSSR count). The Kier molecular flexibility index (Phi) is 5.31. The van der Waals surface area contributed by atoms with Gasteiger partial charge in [0.1, 0.15) is 5.75 Å². The van der Waals surface area contributed by atoms with E-state index in [0.29, 0.717) is 5.92 Å². The fourth-order valence-electron chi connectivity index (χ4n) is 0.827. The first kappa shape index (κ1) is 12.1. The van der Waals surface area contributed by atoms with E-state index < -0.39 is 0 Å². The first-order valence-electron chi connectivity index (χ1n) is 4.17. The Labute approximate surface area is 85.5 Å². The summed E-state index contributed by atoms with van der Waals surface area (Å²) in [6, 6.07) is 7.46. The molecule has 0 aliphatic rings. The van der Waals surface area contributed by atoms with Crippen molar-refractivity contribution in [2.75, 3.05) is 12.3 Å². The van der Waals surface area contributed by atoms with Crippen LogP contribution in [0.3, 0.4) is 0 Å². The number of nitrogen functional groups attached to an aromatic ring is 1. The molecule has 1 aromatic rings. The minimum absolute atomic E-state index is 0. The number of ether oxygens (including phenoxy) is 1. The standard InChI is InChI=1S/C10H15NO.ClH/c1-8(2)7-12-10-5-3-9(11)4-6-10;/h3-6,8H,7,11H2,1-2H3;1H. The van der Waals surface area contributed by atoms with Crippen molar-refractivity contribution >= 4 is 18.1 Å². The van der Waals surface area contributed by atoms with Crippen LogP contribution in [0.25, 0.3) is 0 Å². The molecule has 0 spiro atoms. The van der Waals surface area contributed by atoms with E-state index in [1.165, 1.54) is 0 Å². The van der Waals surface area contributed by atoms with Gasteiger partial charge >= 0.3 is 0 Å². The summed E-state index contributed by atoms with van der Waals surface area (Å²) in [5.41, 5.74) is 6.30. The molecule has 0 aliphatic carbocycles. The molecule has 0 aromatic heterocycles. The Balaban J connectivity index is 0.00000144. The molecule has 0 saturated carbocycles. The van der Waals surface area contributed by atoms with Gasteiger partial charge in [0, 0.05) is 5.69 Å². The molecule has 2 N–H and O–H groups in total. The van der Waals surface area contributed by atoms with Gasteiger partial charge in [-0.2, -0.15) is 0 Å². The lowest BCUT2D eigenvalue weighted by Gasteiger charge is -2.07. The molecule has 0 amide bonds. The zero-order chi connectivity index (χ0) is 8.97. The first-order chi connectivity index (χ1) is 5.68. The number of hydrogen-bond donors (Lipinski definition) is 1. The molecule has 0 aliphatic heterocycles. The molecule has 2 nitrogen and oxygen atoms in total. The number of rotatable bonds is 3. The molecule has 0 radical (unpaired) electrons. The van der Waals surface area contributed by atoms with E-state index >= 15 is 0 Å². The molecule has 1 aromatic carbocycles. The molecule has 74 valence electrons. The SMILES string of the molecule is CC(C)COc1ccc(N)cc1.Cl. The average Bonchev–Trinajstić information content (AvgIpc) is 2.03. The second-order valence-corrected chi connectivity index (χ2v) is 3.27. The van der Waals surface area contributed by atoms with E-state index in [0.717, 1.165) is 18.0 Å². The zero-order valence-corrected chi connectivity index (χ0v) is 8.80. The number of benzene rings is 1. The van der Waals surface area contributed by atoms with Crippen molar-refractivity contribution in [3.63, 3.8) is 0 Å². The van der Waals surface area contributed by atoms with E-state index in [9.17, 15) is 0 Å². The highest BCUT2D eigenvalue weighted by Crippen LogP contribution is 2.13. The summed E-state index contributed by atoms with van der Waals surface area (Å²) < 4.78 is 5.47. The smallest absolute Gasteiger partial charge is 0.119 e. The van der Waals surface area contributed by atoms with Gasteiger partial charge < -0.3 is 10.5 Å². The Morgan fingerprint density at radius 2 is 1.77 bits per heavy atom. The molecule has 0 saturated heterocycles. The van der Waals surface area contributed by atoms with Crippen molar-refractivity contribution in [3.05, 3.63) is 24.3 Å². The predicted octanol–water partition coefficient (Wildman–Crippen LogP) is 2.73. The van der Waals surface area contributed by atoms with Gasteiger partial charge in [0.2, 0.25) is 0 Å². The monoisotopic (exact) mass is 201 g/mol. The highest BCUT2D eigenvalue weighted by molar-refractivity contribution is 5.85. The predicted molar refractivity (Wildman–Crippen MR) is 58.4 cm³/mol. The van der Waals surface area contributed by atoms with Gasteiger partial charge in [-0.05, 0) is 30.2 Å². The Morgan fingerprint density at radius 1 is 1.23 bits per heavy atom. The second kappa shape index (κ2) is 5.70. The number of hydrogen-bond acceptors (Lipinski definition) is 2. The van der Waals surface area contributed by atoms with Gasteiger partial charge in [-0.15, -0.1) is 12.4 Å². The Bertz CT molecular complexity index is 233. The molecule has 13 heavy (non-hydrogen) atoms. The van der Waals surface area contributed by atoms with Crippen molar-refractivity contribution in [1.82, 2.24) is 0 Å². The molecule has 3 heteroatoms. The van der Waals surface area contributed by atoms with Crippen LogP contribution in [0.2, 0.25) is 0 Å². The first-order valence-corrected chi connectivity index (χ1v) is 4.17. The summed E-state index contributed by atoms with van der Waals surface area (Å²) in [7, 11) is 0. The van der Waals surface area contributed by atoms with Crippen molar-refractivity contribution in [3.8, 4) is 5.75 Å². The maximum atomic E-state index is 5.53. The van der Waals surface area contributed by atoms with Crippen molar-refractivity contribution < 1.29 is 4.74 Å². The third-order valence-electron chi connectivity index (χ3n) is 1.46. The summed E-state index contributed by atoms with van der Waals surface area (Å²) in [5, 5.41) is 0. The van der Waals surface area contributed by atoms with Crippen LogP contribution in [0.1, 0.15) is 13.8 Å². The van der Waals surface area contributed by atoms with Gasteiger partial charge in [-0.3, -0.25) is 0 Å². The minimum atomic E-state index is 0. The van der Waals surface area contributed by atoms with Crippen LogP contribution >= 0.6 is 12.4 Å². The third kappa shape index (κ3) is 4.63. The van der Waals surface area contributed by atoms with Gasteiger partial charge in [-0.1, -0.05) is 13.8 Å². The van der Waals surface area contributed by atoms with E-state index in [2.05, 4.69) is 13.8 Å². The van der Waals surface area contributed by atoms with E-state index in [4.69, 9.17) is 10.5 Å². The fraction of sp³-hybridized carbons (Fsp3) is 0.400. The lowest BCUT2D eigenvalue weighted by atomic mass is 10.2. The minimum Gasteiger partial charge on any atom is -0.493 e. The van der Waals surface area contributed by atoms with Crippen molar-refractivity contribution in [2.45, 2.75) is 13.8 Å². The van der Waals surface area contributed by atoms with Crippen LogP contribution < -0.4 is 10.5 Å². The number of nitrogens with two attached hydrogens (primary N) is 1. The number of anilines is 1. The molecule has 0 bridgehead atoms. The maximum absolute atomic E-state index is 5.53. The highest BCUT2D eigenvalue weighted by Gasteiger charge is 1.95. The fourth-order valence-corrected chi connectivity index (χ4v) is 0.827. The highest BCUT2D eigenvalue weighted by atomic mass is 35.5. The molecule has 0 fully saturated rings. The lowest BCUT2D eigenvalue weighted by Crippen LogP contribution is -2.04. The molecule has 0 atom stereocenters. The van der Waals surface area contributed by atoms with E-state index in [1.54, 1.807) is 0 Å². The van der Waals surface area contributed by atoms with Crippen molar-refractivity contribution in [2.24, 2.45) is 5.92 Å². The summed E-state index contributed by atoms with van der Waals surface area (Å²) in [6.07, 6.45) is 0. The molecule has 0 unspecified atom stereocenters. The maximum Gasteiger partial charge on any atom is 0.119 e. The van der Waals surface area contributed by atoms with Crippen LogP contribution in [0.4, 0.5) is 5.69 Å². The topological polar surface area (TPSA) is 35.2 Å². The van der Waals surface area contributed by atoms with Gasteiger partial charge in [0.15, 0.2) is 0 Å². The van der Waals surface area contributed by atoms with Crippen LogP contribution in [-0.2, 0) is 0 Å². The molecular formula is C10H16ClNO. The quantitative estimate of drug-likeness (QED) is 0.764. The number of halogens is 1. The van der Waals surface area contributed by atoms with Crippen LogP contribution in [0.15, 0.2) is 24.3 Å². The molecular weight excluding hydrogens is 186 g/mol. The summed E-state index contributed by atoms with van der Waals surface area (Å²) in [4.78, 5) is 0. The lowest BCUT2D eigenvalue weighted by molar-refractivity contribution is 0.271. The van der Waals surface area contributed by atoms with Crippen LogP contribution in [0.5, 0.6) is 5.75 Å². The third-order valence-corrected chi connectivity index (χ3v) is 1.46. The summed E-state index contributed by atoms with van der Waals surface area (Å²) in [6.45, 7) is 5.00. The van der Waals surface area contributed by atoms with E-state index in [-0.39, 0.29) is 12.4 Å². The normalized spacial score (nSPS) is 9.46. The van der Waals surface area contributed by atoms with Gasteiger partial charge in [0.25, 0.3) is 0 Å². The average molecular weight is 202 g/mol. The zero-order valence-electron chi connectivity index (χ0n) is 7.99. The van der Waals surface area contributed by atoms with Gasteiger partial charge in [0.05, 0.1) is 6.61 Å². The summed E-state index contributed by atoms with van der Waals surface area (Å²) >= 11 is 0. The van der Waals surface area contributed by atoms with Crippen LogP contribution in [-0.4, -0.2) is 6.61 Å².